The zero-order chi connectivity index (χ0) is 20.6. The lowest BCUT2D eigenvalue weighted by molar-refractivity contribution is -0.138. The van der Waals surface area contributed by atoms with E-state index in [2.05, 4.69) is 4.90 Å². The van der Waals surface area contributed by atoms with Crippen LogP contribution in [0.1, 0.15) is 63.4 Å². The first-order chi connectivity index (χ1) is 14.0. The molecule has 6 heteroatoms. The normalized spacial score (nSPS) is 21.3. The van der Waals surface area contributed by atoms with E-state index in [1.165, 1.54) is 30.6 Å². The van der Waals surface area contributed by atoms with E-state index in [1.807, 2.05) is 30.3 Å². The Morgan fingerprint density at radius 2 is 1.72 bits per heavy atom. The van der Waals surface area contributed by atoms with Gasteiger partial charge in [-0.25, -0.2) is 0 Å². The fourth-order valence-electron chi connectivity index (χ4n) is 4.85. The van der Waals surface area contributed by atoms with E-state index < -0.39 is 5.91 Å². The Morgan fingerprint density at radius 1 is 1.00 bits per heavy atom. The quantitative estimate of drug-likeness (QED) is 0.729. The second-order valence-electron chi connectivity index (χ2n) is 8.40. The zero-order valence-electron chi connectivity index (χ0n) is 17.2. The molecule has 0 radical (unpaired) electrons. The fraction of sp³-hybridized carbons (Fsp3) is 0.609. The highest BCUT2D eigenvalue weighted by Gasteiger charge is 2.35. The summed E-state index contributed by atoms with van der Waals surface area (Å²) in [6.07, 6.45) is 8.37. The number of hydrogen-bond donors (Lipinski definition) is 1. The molecular formula is C23H33N3O3. The second kappa shape index (κ2) is 10.4. The number of benzene rings is 1. The Morgan fingerprint density at radius 3 is 2.48 bits per heavy atom. The molecule has 1 aliphatic heterocycles. The number of likely N-dealkylation sites (tertiary alicyclic amines) is 1. The molecule has 2 aliphatic rings. The first-order valence-corrected chi connectivity index (χ1v) is 10.9. The third kappa shape index (κ3) is 6.05. The molecule has 2 unspecified atom stereocenters. The second-order valence-corrected chi connectivity index (χ2v) is 8.40. The maximum atomic E-state index is 12.8. The molecular weight excluding hydrogens is 366 g/mol. The number of hydrogen-bond acceptors (Lipinski definition) is 3. The number of primary amides is 1. The van der Waals surface area contributed by atoms with Crippen LogP contribution in [0.25, 0.3) is 0 Å². The van der Waals surface area contributed by atoms with Gasteiger partial charge in [0.15, 0.2) is 0 Å². The van der Waals surface area contributed by atoms with Crippen LogP contribution in [-0.2, 0) is 20.9 Å². The molecule has 2 atom stereocenters. The molecule has 0 aromatic heterocycles. The number of nitrogens with zero attached hydrogens (tertiary/aromatic N) is 2. The summed E-state index contributed by atoms with van der Waals surface area (Å²) in [5.41, 5.74) is 6.28. The van der Waals surface area contributed by atoms with Gasteiger partial charge in [0.2, 0.25) is 17.7 Å². The van der Waals surface area contributed by atoms with Crippen molar-refractivity contribution >= 4 is 17.7 Å². The minimum atomic E-state index is -0.526. The van der Waals surface area contributed by atoms with Crippen LogP contribution in [0.4, 0.5) is 0 Å². The van der Waals surface area contributed by atoms with Crippen LogP contribution < -0.4 is 5.73 Å². The van der Waals surface area contributed by atoms with Crippen molar-refractivity contribution in [3.8, 4) is 0 Å². The van der Waals surface area contributed by atoms with Gasteiger partial charge in [0.05, 0.1) is 6.54 Å². The topological polar surface area (TPSA) is 83.7 Å². The summed E-state index contributed by atoms with van der Waals surface area (Å²) in [5, 5.41) is 0. The molecule has 1 saturated carbocycles. The van der Waals surface area contributed by atoms with E-state index >= 15 is 0 Å². The predicted molar refractivity (Wildman–Crippen MR) is 112 cm³/mol. The highest BCUT2D eigenvalue weighted by Crippen LogP contribution is 2.35. The maximum absolute atomic E-state index is 12.8. The first kappa shape index (κ1) is 21.3. The Kier molecular flexibility index (Phi) is 7.67. The molecule has 158 valence electrons. The Balaban J connectivity index is 1.50. The van der Waals surface area contributed by atoms with Gasteiger partial charge in [0, 0.05) is 32.0 Å². The molecule has 1 aliphatic carbocycles. The summed E-state index contributed by atoms with van der Waals surface area (Å²) in [4.78, 5) is 40.4. The Hall–Kier alpha value is -2.37. The lowest BCUT2D eigenvalue weighted by Crippen LogP contribution is -2.49. The Bertz CT molecular complexity index is 705. The van der Waals surface area contributed by atoms with Crippen molar-refractivity contribution in [1.29, 1.82) is 0 Å². The summed E-state index contributed by atoms with van der Waals surface area (Å²) in [7, 11) is 0. The minimum absolute atomic E-state index is 0.0996. The largest absolute Gasteiger partial charge is 0.368 e. The number of fused-ring (bicyclic) bond motifs is 1. The number of nitrogens with two attached hydrogens (primary N) is 1. The van der Waals surface area contributed by atoms with Gasteiger partial charge in [0.1, 0.15) is 0 Å². The van der Waals surface area contributed by atoms with E-state index in [0.717, 1.165) is 24.9 Å². The van der Waals surface area contributed by atoms with Crippen molar-refractivity contribution in [3.63, 3.8) is 0 Å². The standard InChI is InChI=1S/C23H33N3O3/c24-21(27)17-25(16-18-8-2-1-3-9-18)22(28)13-6-14-23(29)26-15-7-11-19-10-4-5-12-20(19)26/h1-3,8-9,19-20H,4-7,10-17H2,(H2,24,27). The molecule has 1 saturated heterocycles. The van der Waals surface area contributed by atoms with Crippen LogP contribution in [0.15, 0.2) is 30.3 Å². The molecule has 6 nitrogen and oxygen atoms in total. The smallest absolute Gasteiger partial charge is 0.237 e. The van der Waals surface area contributed by atoms with Crippen LogP contribution in [0.2, 0.25) is 0 Å². The summed E-state index contributed by atoms with van der Waals surface area (Å²) in [5.74, 6) is 0.190. The molecule has 1 aromatic carbocycles. The lowest BCUT2D eigenvalue weighted by Gasteiger charge is -2.44. The summed E-state index contributed by atoms with van der Waals surface area (Å²) >= 11 is 0. The minimum Gasteiger partial charge on any atom is -0.368 e. The highest BCUT2D eigenvalue weighted by atomic mass is 16.2. The monoisotopic (exact) mass is 399 g/mol. The average molecular weight is 400 g/mol. The number of rotatable bonds is 8. The van der Waals surface area contributed by atoms with Crippen molar-refractivity contribution < 1.29 is 14.4 Å². The van der Waals surface area contributed by atoms with Gasteiger partial charge in [-0.3, -0.25) is 14.4 Å². The van der Waals surface area contributed by atoms with E-state index in [0.29, 0.717) is 31.3 Å². The van der Waals surface area contributed by atoms with E-state index in [-0.39, 0.29) is 24.8 Å². The van der Waals surface area contributed by atoms with Gasteiger partial charge in [-0.05, 0) is 43.6 Å². The van der Waals surface area contributed by atoms with Gasteiger partial charge in [-0.15, -0.1) is 0 Å². The third-order valence-corrected chi connectivity index (χ3v) is 6.26. The average Bonchev–Trinajstić information content (AvgIpc) is 2.73. The predicted octanol–water partition coefficient (Wildman–Crippen LogP) is 2.85. The van der Waals surface area contributed by atoms with Gasteiger partial charge < -0.3 is 15.5 Å². The molecule has 0 spiro atoms. The number of amides is 3. The highest BCUT2D eigenvalue weighted by molar-refractivity contribution is 5.84. The maximum Gasteiger partial charge on any atom is 0.237 e. The molecule has 0 bridgehead atoms. The van der Waals surface area contributed by atoms with Gasteiger partial charge in [-0.1, -0.05) is 43.2 Å². The molecule has 3 rings (SSSR count). The number of carbonyl (C=O) groups excluding carboxylic acids is 3. The van der Waals surface area contributed by atoms with Crippen molar-refractivity contribution in [2.24, 2.45) is 11.7 Å². The van der Waals surface area contributed by atoms with Gasteiger partial charge >= 0.3 is 0 Å². The number of carbonyl (C=O) groups is 3. The summed E-state index contributed by atoms with van der Waals surface area (Å²) < 4.78 is 0. The molecule has 3 amide bonds. The van der Waals surface area contributed by atoms with Crippen molar-refractivity contribution in [1.82, 2.24) is 9.80 Å². The van der Waals surface area contributed by atoms with E-state index in [4.69, 9.17) is 5.73 Å². The lowest BCUT2D eigenvalue weighted by atomic mass is 9.78. The van der Waals surface area contributed by atoms with Crippen LogP contribution in [0.5, 0.6) is 0 Å². The third-order valence-electron chi connectivity index (χ3n) is 6.26. The molecule has 29 heavy (non-hydrogen) atoms. The molecule has 1 aromatic rings. The van der Waals surface area contributed by atoms with Crippen molar-refractivity contribution in [2.45, 2.75) is 70.4 Å². The van der Waals surface area contributed by atoms with E-state index in [9.17, 15) is 14.4 Å². The fourth-order valence-corrected chi connectivity index (χ4v) is 4.85. The SMILES string of the molecule is NC(=O)CN(Cc1ccccc1)C(=O)CCCC(=O)N1CCCC2CCCCC21. The molecule has 2 fully saturated rings. The van der Waals surface area contributed by atoms with Gasteiger partial charge in [0.25, 0.3) is 0 Å². The first-order valence-electron chi connectivity index (χ1n) is 10.9. The van der Waals surface area contributed by atoms with Crippen molar-refractivity contribution in [3.05, 3.63) is 35.9 Å². The van der Waals surface area contributed by atoms with Crippen LogP contribution >= 0.6 is 0 Å². The van der Waals surface area contributed by atoms with Crippen LogP contribution in [0, 0.1) is 5.92 Å². The van der Waals surface area contributed by atoms with Crippen LogP contribution in [-0.4, -0.2) is 46.7 Å². The molecule has 1 heterocycles. The summed E-state index contributed by atoms with van der Waals surface area (Å²) in [6.45, 7) is 1.11. The Labute approximate surface area is 173 Å². The summed E-state index contributed by atoms with van der Waals surface area (Å²) in [6, 6.07) is 9.96. The van der Waals surface area contributed by atoms with Crippen molar-refractivity contribution in [2.75, 3.05) is 13.1 Å². The van der Waals surface area contributed by atoms with E-state index in [1.54, 1.807) is 0 Å². The van der Waals surface area contributed by atoms with Crippen LogP contribution in [0.3, 0.4) is 0 Å². The molecule has 2 N–H and O–H groups in total. The number of piperidine rings is 1. The van der Waals surface area contributed by atoms with Gasteiger partial charge in [-0.2, -0.15) is 0 Å². The zero-order valence-corrected chi connectivity index (χ0v) is 17.2.